The molecule has 5 aromatic carbocycles. The van der Waals surface area contributed by atoms with Crippen LogP contribution < -0.4 is 0 Å². The van der Waals surface area contributed by atoms with E-state index in [0.717, 1.165) is 44.5 Å². The number of nitrogens with zero attached hydrogens (tertiary/aromatic N) is 9. The summed E-state index contributed by atoms with van der Waals surface area (Å²) in [5.74, 6) is 5.45. The number of benzene rings is 5. The highest BCUT2D eigenvalue weighted by molar-refractivity contribution is 5.85. The van der Waals surface area contributed by atoms with Crippen LogP contribution in [0.15, 0.2) is 133 Å². The van der Waals surface area contributed by atoms with Crippen molar-refractivity contribution in [3.63, 3.8) is 0 Å². The lowest BCUT2D eigenvalue weighted by Crippen LogP contribution is -2.02. The second-order valence-corrected chi connectivity index (χ2v) is 12.0. The molecule has 0 fully saturated rings. The maximum absolute atomic E-state index is 5.02. The predicted molar refractivity (Wildman–Crippen MR) is 199 cm³/mol. The molecule has 8 rings (SSSR count). The van der Waals surface area contributed by atoms with Gasteiger partial charge in [-0.3, -0.25) is 0 Å². The minimum absolute atomic E-state index is 0.559. The molecule has 0 unspecified atom stereocenters. The molecule has 0 aliphatic carbocycles. The van der Waals surface area contributed by atoms with E-state index in [1.807, 2.05) is 136 Å². The highest BCUT2D eigenvalue weighted by Crippen LogP contribution is 2.35. The van der Waals surface area contributed by atoms with Crippen molar-refractivity contribution in [2.75, 3.05) is 0 Å². The van der Waals surface area contributed by atoms with Crippen LogP contribution in [0.1, 0.15) is 17.5 Å². The maximum Gasteiger partial charge on any atom is 0.164 e. The van der Waals surface area contributed by atoms with Gasteiger partial charge in [-0.15, -0.1) is 0 Å². The maximum atomic E-state index is 5.02. The molecule has 3 heterocycles. The zero-order chi connectivity index (χ0) is 34.7. The molecule has 0 amide bonds. The van der Waals surface area contributed by atoms with E-state index in [-0.39, 0.29) is 0 Å². The third kappa shape index (κ3) is 6.73. The summed E-state index contributed by atoms with van der Waals surface area (Å²) < 4.78 is 0. The van der Waals surface area contributed by atoms with E-state index < -0.39 is 0 Å². The van der Waals surface area contributed by atoms with Crippen LogP contribution in [0.4, 0.5) is 0 Å². The first kappa shape index (κ1) is 31.4. The van der Waals surface area contributed by atoms with E-state index in [2.05, 4.69) is 33.2 Å². The quantitative estimate of drug-likeness (QED) is 0.165. The number of rotatable bonds is 7. The van der Waals surface area contributed by atoms with Gasteiger partial charge < -0.3 is 0 Å². The molecule has 0 bridgehead atoms. The zero-order valence-electron chi connectivity index (χ0n) is 28.2. The first-order chi connectivity index (χ1) is 25.0. The van der Waals surface area contributed by atoms with Gasteiger partial charge in [0.15, 0.2) is 34.9 Å². The topological polar surface area (TPSA) is 116 Å². The fraction of sp³-hybridized carbons (Fsp3) is 0.0714. The Morgan fingerprint density at radius 3 is 1.14 bits per heavy atom. The largest absolute Gasteiger partial charge is 0.219 e. The van der Waals surface area contributed by atoms with Crippen LogP contribution in [0.3, 0.4) is 0 Å². The summed E-state index contributed by atoms with van der Waals surface area (Å²) in [5, 5.41) is 0. The van der Waals surface area contributed by atoms with Gasteiger partial charge in [0.25, 0.3) is 0 Å². The molecule has 0 N–H and O–H groups in total. The monoisotopic (exact) mass is 661 g/mol. The van der Waals surface area contributed by atoms with E-state index in [4.69, 9.17) is 29.9 Å². The van der Waals surface area contributed by atoms with Gasteiger partial charge in [-0.1, -0.05) is 115 Å². The average Bonchev–Trinajstić information content (AvgIpc) is 3.18. The SMILES string of the molecule is Cc1nc(C)nc(-c2cccc(-c3nc(C)nc(-c4ccc(-c5nc(-c6ccccc6)nc(-c6ccccc6)n5)c(-c5ccccc5)c4)n3)c2)n1. The van der Waals surface area contributed by atoms with Crippen molar-refractivity contribution < 1.29 is 0 Å². The van der Waals surface area contributed by atoms with Gasteiger partial charge in [0.1, 0.15) is 17.5 Å². The Labute approximate surface area is 295 Å². The summed E-state index contributed by atoms with van der Waals surface area (Å²) >= 11 is 0. The van der Waals surface area contributed by atoms with E-state index in [9.17, 15) is 0 Å². The smallest absolute Gasteiger partial charge is 0.164 e. The van der Waals surface area contributed by atoms with Crippen molar-refractivity contribution in [1.82, 2.24) is 44.9 Å². The molecule has 9 heteroatoms. The molecule has 8 aromatic rings. The summed E-state index contributed by atoms with van der Waals surface area (Å²) in [4.78, 5) is 42.8. The minimum Gasteiger partial charge on any atom is -0.219 e. The van der Waals surface area contributed by atoms with Crippen molar-refractivity contribution in [2.24, 2.45) is 0 Å². The first-order valence-electron chi connectivity index (χ1n) is 16.6. The lowest BCUT2D eigenvalue weighted by atomic mass is 9.96. The highest BCUT2D eigenvalue weighted by Gasteiger charge is 2.18. The van der Waals surface area contributed by atoms with E-state index in [1.54, 1.807) is 0 Å². The van der Waals surface area contributed by atoms with Crippen molar-refractivity contribution in [3.8, 4) is 79.5 Å². The Morgan fingerprint density at radius 2 is 0.627 bits per heavy atom. The number of aryl methyl sites for hydroxylation is 3. The average molecular weight is 662 g/mol. The van der Waals surface area contributed by atoms with Gasteiger partial charge in [0, 0.05) is 33.4 Å². The van der Waals surface area contributed by atoms with Crippen molar-refractivity contribution >= 4 is 0 Å². The first-order valence-corrected chi connectivity index (χ1v) is 16.6. The third-order valence-corrected chi connectivity index (χ3v) is 8.29. The Bertz CT molecular complexity index is 2430. The van der Waals surface area contributed by atoms with Gasteiger partial charge in [-0.05, 0) is 50.1 Å². The molecule has 51 heavy (non-hydrogen) atoms. The van der Waals surface area contributed by atoms with Gasteiger partial charge in [0.05, 0.1) is 0 Å². The van der Waals surface area contributed by atoms with E-state index in [0.29, 0.717) is 52.4 Å². The molecule has 0 spiro atoms. The standard InChI is InChI=1S/C42H31N9/c1-26-43-27(2)45-39(44-26)32-20-13-21-33(24-32)40-46-28(3)47-41(49-40)34-22-23-35(36(25-34)29-14-7-4-8-15-29)42-50-37(30-16-9-5-10-17-30)48-38(51-42)31-18-11-6-12-19-31/h4-25H,1-3H3. The van der Waals surface area contributed by atoms with Crippen molar-refractivity contribution in [2.45, 2.75) is 20.8 Å². The van der Waals surface area contributed by atoms with Crippen LogP contribution in [0.5, 0.6) is 0 Å². The highest BCUT2D eigenvalue weighted by atomic mass is 15.0. The third-order valence-electron chi connectivity index (χ3n) is 8.29. The fourth-order valence-electron chi connectivity index (χ4n) is 5.95. The van der Waals surface area contributed by atoms with E-state index >= 15 is 0 Å². The number of hydrogen-bond acceptors (Lipinski definition) is 9. The zero-order valence-corrected chi connectivity index (χ0v) is 28.2. The summed E-state index contributed by atoms with van der Waals surface area (Å²) in [6.45, 7) is 5.61. The molecular formula is C42H31N9. The lowest BCUT2D eigenvalue weighted by molar-refractivity contribution is 0.928. The lowest BCUT2D eigenvalue weighted by Gasteiger charge is -2.14. The van der Waals surface area contributed by atoms with E-state index in [1.165, 1.54) is 0 Å². The fourth-order valence-corrected chi connectivity index (χ4v) is 5.95. The predicted octanol–water partition coefficient (Wildman–Crippen LogP) is 8.84. The number of hydrogen-bond donors (Lipinski definition) is 0. The molecular weight excluding hydrogens is 631 g/mol. The van der Waals surface area contributed by atoms with Crippen molar-refractivity contribution in [1.29, 1.82) is 0 Å². The van der Waals surface area contributed by atoms with Gasteiger partial charge in [0.2, 0.25) is 0 Å². The molecule has 0 radical (unpaired) electrons. The Kier molecular flexibility index (Phi) is 8.35. The Hall–Kier alpha value is -6.87. The van der Waals surface area contributed by atoms with Gasteiger partial charge in [-0.2, -0.15) is 0 Å². The van der Waals surface area contributed by atoms with Crippen LogP contribution in [0.2, 0.25) is 0 Å². The van der Waals surface area contributed by atoms with Crippen LogP contribution in [0.25, 0.3) is 79.5 Å². The second-order valence-electron chi connectivity index (χ2n) is 12.0. The summed E-state index contributed by atoms with van der Waals surface area (Å²) in [7, 11) is 0. The molecule has 0 aliphatic heterocycles. The summed E-state index contributed by atoms with van der Waals surface area (Å²) in [6, 6.07) is 44.3. The summed E-state index contributed by atoms with van der Waals surface area (Å²) in [6.07, 6.45) is 0. The molecule has 0 saturated carbocycles. The second kappa shape index (κ2) is 13.6. The Balaban J connectivity index is 1.26. The van der Waals surface area contributed by atoms with Crippen LogP contribution in [-0.4, -0.2) is 44.9 Å². The van der Waals surface area contributed by atoms with Crippen LogP contribution in [-0.2, 0) is 0 Å². The van der Waals surface area contributed by atoms with Gasteiger partial charge >= 0.3 is 0 Å². The molecule has 0 atom stereocenters. The van der Waals surface area contributed by atoms with Crippen molar-refractivity contribution in [3.05, 3.63) is 151 Å². The molecule has 0 aliphatic rings. The molecule has 0 saturated heterocycles. The normalized spacial score (nSPS) is 11.0. The van der Waals surface area contributed by atoms with Crippen LogP contribution >= 0.6 is 0 Å². The molecule has 3 aromatic heterocycles. The molecule has 244 valence electrons. The van der Waals surface area contributed by atoms with Crippen LogP contribution in [0, 0.1) is 20.8 Å². The minimum atomic E-state index is 0.559. The number of aromatic nitrogens is 9. The van der Waals surface area contributed by atoms with Gasteiger partial charge in [-0.25, -0.2) is 44.9 Å². The Morgan fingerprint density at radius 1 is 0.255 bits per heavy atom. The summed E-state index contributed by atoms with van der Waals surface area (Å²) in [5.41, 5.74) is 7.18. The molecule has 9 nitrogen and oxygen atoms in total.